The summed E-state index contributed by atoms with van der Waals surface area (Å²) in [6, 6.07) is 10.9. The summed E-state index contributed by atoms with van der Waals surface area (Å²) in [7, 11) is 0. The summed E-state index contributed by atoms with van der Waals surface area (Å²) in [5.74, 6) is 0. The second-order valence-electron chi connectivity index (χ2n) is 7.35. The highest BCUT2D eigenvalue weighted by Crippen LogP contribution is 2.27. The minimum atomic E-state index is -0.455. The first-order chi connectivity index (χ1) is 15.7. The number of rotatable bonds is 5. The number of hydrogen-bond acceptors (Lipinski definition) is 5. The molecule has 4 rings (SSSR count). The molecule has 2 aromatic carbocycles. The predicted molar refractivity (Wildman–Crippen MR) is 128 cm³/mol. The molecule has 0 fully saturated rings. The number of aliphatic imine (C=N–C) groups is 1. The predicted octanol–water partition coefficient (Wildman–Crippen LogP) is 5.24. The number of aryl methyl sites for hydroxylation is 2. The van der Waals surface area contributed by atoms with Crippen molar-refractivity contribution in [3.05, 3.63) is 95.6 Å². The van der Waals surface area contributed by atoms with E-state index in [-0.39, 0.29) is 11.2 Å². The van der Waals surface area contributed by atoms with E-state index in [1.54, 1.807) is 48.9 Å². The lowest BCUT2D eigenvalue weighted by Crippen LogP contribution is -2.17. The van der Waals surface area contributed by atoms with Crippen LogP contribution in [0, 0.1) is 30.9 Å². The number of halogens is 2. The van der Waals surface area contributed by atoms with Crippen LogP contribution in [-0.4, -0.2) is 30.7 Å². The Morgan fingerprint density at radius 3 is 2.48 bits per heavy atom. The van der Waals surface area contributed by atoms with Gasteiger partial charge in [0.15, 0.2) is 0 Å². The van der Waals surface area contributed by atoms with Gasteiger partial charge in [-0.25, -0.2) is 9.36 Å². The second kappa shape index (κ2) is 8.68. The fourth-order valence-corrected chi connectivity index (χ4v) is 3.82. The van der Waals surface area contributed by atoms with Gasteiger partial charge in [-0.15, -0.1) is 0 Å². The third-order valence-corrected chi connectivity index (χ3v) is 5.70. The van der Waals surface area contributed by atoms with Crippen molar-refractivity contribution < 1.29 is 4.92 Å². The van der Waals surface area contributed by atoms with E-state index in [1.807, 2.05) is 6.92 Å². The van der Waals surface area contributed by atoms with E-state index < -0.39 is 4.92 Å². The van der Waals surface area contributed by atoms with Crippen molar-refractivity contribution in [3.63, 3.8) is 0 Å². The Balaban J connectivity index is 1.71. The minimum absolute atomic E-state index is 0.00227. The highest BCUT2D eigenvalue weighted by atomic mass is 35.5. The quantitative estimate of drug-likeness (QED) is 0.237. The van der Waals surface area contributed by atoms with Crippen molar-refractivity contribution in [1.29, 1.82) is 0 Å². The molecule has 1 N–H and O–H groups in total. The molecule has 2 heterocycles. The topological polar surface area (TPSA) is 111 Å². The molecule has 0 aliphatic rings. The van der Waals surface area contributed by atoms with Crippen LogP contribution in [0.25, 0.3) is 11.4 Å². The van der Waals surface area contributed by atoms with Crippen LogP contribution < -0.4 is 5.56 Å². The fraction of sp³-hybridized carbons (Fsp3) is 0.136. The van der Waals surface area contributed by atoms with Crippen molar-refractivity contribution in [1.82, 2.24) is 19.6 Å². The number of benzene rings is 2. The zero-order valence-electron chi connectivity index (χ0n) is 17.8. The van der Waals surface area contributed by atoms with Crippen molar-refractivity contribution in [3.8, 4) is 11.4 Å². The first-order valence-electron chi connectivity index (χ1n) is 9.79. The zero-order chi connectivity index (χ0) is 23.9. The molecule has 0 saturated heterocycles. The molecular formula is C22H18Cl2N6O3. The van der Waals surface area contributed by atoms with E-state index in [9.17, 15) is 14.9 Å². The average Bonchev–Trinajstić information content (AvgIpc) is 3.23. The Morgan fingerprint density at radius 2 is 1.82 bits per heavy atom. The number of aromatic amines is 1. The van der Waals surface area contributed by atoms with Crippen molar-refractivity contribution in [2.75, 3.05) is 0 Å². The number of nitro benzene ring substituents is 1. The van der Waals surface area contributed by atoms with Gasteiger partial charge in [0.05, 0.1) is 38.3 Å². The third kappa shape index (κ3) is 4.20. The molecular weight excluding hydrogens is 467 g/mol. The van der Waals surface area contributed by atoms with E-state index in [0.29, 0.717) is 44.1 Å². The van der Waals surface area contributed by atoms with Crippen LogP contribution in [0.2, 0.25) is 10.0 Å². The molecule has 0 saturated carbocycles. The molecule has 4 aromatic rings. The maximum Gasteiger partial charge on any atom is 0.280 e. The van der Waals surface area contributed by atoms with Crippen LogP contribution in [0.5, 0.6) is 0 Å². The molecule has 0 aliphatic carbocycles. The number of nitrogens with zero attached hydrogens (tertiary/aromatic N) is 5. The molecule has 0 atom stereocenters. The summed E-state index contributed by atoms with van der Waals surface area (Å²) in [6.07, 6.45) is 1.49. The molecule has 168 valence electrons. The molecule has 33 heavy (non-hydrogen) atoms. The molecule has 0 unspecified atom stereocenters. The number of aromatic nitrogens is 4. The van der Waals surface area contributed by atoms with Gasteiger partial charge in [-0.2, -0.15) is 5.10 Å². The van der Waals surface area contributed by atoms with Crippen LogP contribution in [0.15, 0.2) is 52.3 Å². The lowest BCUT2D eigenvalue weighted by molar-refractivity contribution is -0.384. The van der Waals surface area contributed by atoms with E-state index in [2.05, 4.69) is 15.2 Å². The summed E-state index contributed by atoms with van der Waals surface area (Å²) < 4.78 is 2.98. The summed E-state index contributed by atoms with van der Waals surface area (Å²) in [5, 5.41) is 19.2. The smallest absolute Gasteiger partial charge is 0.280 e. The van der Waals surface area contributed by atoms with Gasteiger partial charge in [-0.05, 0) is 51.1 Å². The highest BCUT2D eigenvalue weighted by molar-refractivity contribution is 6.34. The summed E-state index contributed by atoms with van der Waals surface area (Å²) >= 11 is 12.3. The average molecular weight is 485 g/mol. The monoisotopic (exact) mass is 484 g/mol. The van der Waals surface area contributed by atoms with Gasteiger partial charge >= 0.3 is 0 Å². The first-order valence-corrected chi connectivity index (χ1v) is 10.5. The SMILES string of the molecule is Cc1nn(-c2ccc([N+](=O)[O-])cc2)c(C)c1N=Cc1c(C)[nH]n(-c2cc(Cl)ccc2Cl)c1=O. The largest absolute Gasteiger partial charge is 0.295 e. The fourth-order valence-electron chi connectivity index (χ4n) is 3.46. The molecule has 0 bridgehead atoms. The summed E-state index contributed by atoms with van der Waals surface area (Å²) in [5.41, 5.74) is 3.73. The molecule has 2 aromatic heterocycles. The molecule has 11 heteroatoms. The Hall–Kier alpha value is -3.69. The van der Waals surface area contributed by atoms with Crippen molar-refractivity contribution >= 4 is 40.8 Å². The maximum atomic E-state index is 13.0. The van der Waals surface area contributed by atoms with Gasteiger partial charge in [0.1, 0.15) is 5.69 Å². The highest BCUT2D eigenvalue weighted by Gasteiger charge is 2.16. The van der Waals surface area contributed by atoms with Gasteiger partial charge in [0.25, 0.3) is 11.2 Å². The van der Waals surface area contributed by atoms with Crippen molar-refractivity contribution in [2.24, 2.45) is 4.99 Å². The summed E-state index contributed by atoms with van der Waals surface area (Å²) in [4.78, 5) is 28.0. The minimum Gasteiger partial charge on any atom is -0.295 e. The number of non-ortho nitro benzene ring substituents is 1. The van der Waals surface area contributed by atoms with Gasteiger partial charge in [-0.3, -0.25) is 25.0 Å². The van der Waals surface area contributed by atoms with Gasteiger partial charge in [0.2, 0.25) is 0 Å². The van der Waals surface area contributed by atoms with Gasteiger partial charge in [0, 0.05) is 29.1 Å². The lowest BCUT2D eigenvalue weighted by Gasteiger charge is -2.04. The molecule has 0 radical (unpaired) electrons. The van der Waals surface area contributed by atoms with Crippen molar-refractivity contribution in [2.45, 2.75) is 20.8 Å². The molecule has 0 amide bonds. The zero-order valence-corrected chi connectivity index (χ0v) is 19.3. The standard InChI is InChI=1S/C22H18Cl2N6O3/c1-12-18(22(31)29(26-12)20-10-15(23)4-9-19(20)24)11-25-21-13(2)27-28(14(21)3)16-5-7-17(8-6-16)30(32)33/h4-11,26H,1-3H3. The van der Waals surface area contributed by atoms with E-state index >= 15 is 0 Å². The summed E-state index contributed by atoms with van der Waals surface area (Å²) in [6.45, 7) is 5.40. The van der Waals surface area contributed by atoms with Crippen LogP contribution >= 0.6 is 23.2 Å². The Kier molecular flexibility index (Phi) is 5.92. The number of hydrogen-bond donors (Lipinski definition) is 1. The van der Waals surface area contributed by atoms with Crippen LogP contribution in [0.4, 0.5) is 11.4 Å². The maximum absolute atomic E-state index is 13.0. The number of nitrogens with one attached hydrogen (secondary N) is 1. The molecule has 0 aliphatic heterocycles. The van der Waals surface area contributed by atoms with Crippen LogP contribution in [0.3, 0.4) is 0 Å². The van der Waals surface area contributed by atoms with E-state index in [4.69, 9.17) is 23.2 Å². The second-order valence-corrected chi connectivity index (χ2v) is 8.19. The van der Waals surface area contributed by atoms with Gasteiger partial charge < -0.3 is 0 Å². The normalized spacial score (nSPS) is 11.4. The molecule has 9 nitrogen and oxygen atoms in total. The molecule has 0 spiro atoms. The first kappa shape index (κ1) is 22.5. The number of H-pyrrole nitrogens is 1. The lowest BCUT2D eigenvalue weighted by atomic mass is 10.2. The van der Waals surface area contributed by atoms with E-state index in [1.165, 1.54) is 23.0 Å². The third-order valence-electron chi connectivity index (χ3n) is 5.15. The Bertz CT molecular complexity index is 1460. The van der Waals surface area contributed by atoms with Crippen LogP contribution in [-0.2, 0) is 0 Å². The Morgan fingerprint density at radius 1 is 1.12 bits per heavy atom. The van der Waals surface area contributed by atoms with Gasteiger partial charge in [-0.1, -0.05) is 23.2 Å². The van der Waals surface area contributed by atoms with E-state index in [0.717, 1.165) is 5.69 Å². The number of nitro groups is 1. The Labute approximate surface area is 198 Å². The van der Waals surface area contributed by atoms with Crippen LogP contribution in [0.1, 0.15) is 22.6 Å².